The molecule has 2 rings (SSSR count). The van der Waals surface area contributed by atoms with E-state index >= 15 is 0 Å². The first-order chi connectivity index (χ1) is 10.6. The number of halogens is 1. The van der Waals surface area contributed by atoms with Gasteiger partial charge in [0.05, 0.1) is 0 Å². The molecule has 1 aliphatic heterocycles. The second kappa shape index (κ2) is 10.1. The van der Waals surface area contributed by atoms with Crippen LogP contribution in [0.4, 0.5) is 0 Å². The maximum atomic E-state index is 4.41. The lowest BCUT2D eigenvalue weighted by atomic mass is 9.64. The molecule has 0 radical (unpaired) electrons. The first-order valence-electron chi connectivity index (χ1n) is 9.24. The van der Waals surface area contributed by atoms with Crippen molar-refractivity contribution in [3.63, 3.8) is 0 Å². The van der Waals surface area contributed by atoms with Gasteiger partial charge in [0.1, 0.15) is 0 Å². The van der Waals surface area contributed by atoms with Gasteiger partial charge in [-0.25, -0.2) is 0 Å². The molecule has 1 unspecified atom stereocenters. The molecule has 2 aliphatic rings. The third kappa shape index (κ3) is 6.40. The fraction of sp³-hybridized carbons (Fsp3) is 0.944. The molecule has 1 heterocycles. The van der Waals surface area contributed by atoms with Gasteiger partial charge < -0.3 is 15.5 Å². The molecule has 0 spiro atoms. The number of nitrogens with one attached hydrogen (secondary N) is 2. The van der Waals surface area contributed by atoms with Crippen LogP contribution in [-0.2, 0) is 0 Å². The van der Waals surface area contributed by atoms with Crippen molar-refractivity contribution in [3.05, 3.63) is 0 Å². The molecule has 0 bridgehead atoms. The highest BCUT2D eigenvalue weighted by atomic mass is 127. The molecule has 0 aromatic heterocycles. The van der Waals surface area contributed by atoms with Crippen LogP contribution in [0.2, 0.25) is 0 Å². The lowest BCUT2D eigenvalue weighted by molar-refractivity contribution is 0.104. The van der Waals surface area contributed by atoms with Gasteiger partial charge in [-0.3, -0.25) is 4.99 Å². The van der Waals surface area contributed by atoms with Crippen molar-refractivity contribution in [3.8, 4) is 0 Å². The van der Waals surface area contributed by atoms with Crippen molar-refractivity contribution in [1.29, 1.82) is 0 Å². The minimum absolute atomic E-state index is 0. The normalized spacial score (nSPS) is 24.2. The molecule has 2 N–H and O–H groups in total. The number of rotatable bonds is 7. The highest BCUT2D eigenvalue weighted by Gasteiger charge is 2.37. The molecule has 0 amide bonds. The minimum Gasteiger partial charge on any atom is -0.356 e. The third-order valence-electron chi connectivity index (χ3n) is 5.49. The molecule has 0 aromatic carbocycles. The quantitative estimate of drug-likeness (QED) is 0.366. The fourth-order valence-corrected chi connectivity index (χ4v) is 4.10. The van der Waals surface area contributed by atoms with Gasteiger partial charge in [-0.15, -0.1) is 24.0 Å². The molecule has 136 valence electrons. The van der Waals surface area contributed by atoms with Crippen LogP contribution < -0.4 is 10.6 Å². The van der Waals surface area contributed by atoms with Gasteiger partial charge >= 0.3 is 0 Å². The Morgan fingerprint density at radius 1 is 1.30 bits per heavy atom. The number of likely N-dealkylation sites (tertiary alicyclic amines) is 1. The van der Waals surface area contributed by atoms with Crippen molar-refractivity contribution in [2.45, 2.75) is 52.9 Å². The summed E-state index contributed by atoms with van der Waals surface area (Å²) in [4.78, 5) is 6.95. The summed E-state index contributed by atoms with van der Waals surface area (Å²) in [5, 5.41) is 7.13. The molecular formula is C18H37IN4. The fourth-order valence-electron chi connectivity index (χ4n) is 4.10. The minimum atomic E-state index is 0. The van der Waals surface area contributed by atoms with E-state index in [4.69, 9.17) is 0 Å². The smallest absolute Gasteiger partial charge is 0.191 e. The van der Waals surface area contributed by atoms with Gasteiger partial charge in [-0.2, -0.15) is 0 Å². The predicted molar refractivity (Wildman–Crippen MR) is 111 cm³/mol. The van der Waals surface area contributed by atoms with Gasteiger partial charge in [0.2, 0.25) is 0 Å². The Hall–Kier alpha value is -0.0400. The van der Waals surface area contributed by atoms with Gasteiger partial charge in [-0.1, -0.05) is 27.2 Å². The molecule has 2 fully saturated rings. The average molecular weight is 436 g/mol. The molecule has 1 saturated heterocycles. The summed E-state index contributed by atoms with van der Waals surface area (Å²) in [6.45, 7) is 12.7. The van der Waals surface area contributed by atoms with E-state index in [0.717, 1.165) is 30.9 Å². The van der Waals surface area contributed by atoms with Crippen LogP contribution >= 0.6 is 24.0 Å². The van der Waals surface area contributed by atoms with E-state index in [1.807, 2.05) is 7.05 Å². The summed E-state index contributed by atoms with van der Waals surface area (Å²) >= 11 is 0. The molecule has 4 nitrogen and oxygen atoms in total. The van der Waals surface area contributed by atoms with Crippen molar-refractivity contribution < 1.29 is 0 Å². The second-order valence-electron chi connectivity index (χ2n) is 7.81. The van der Waals surface area contributed by atoms with Crippen LogP contribution in [0.1, 0.15) is 52.9 Å². The maximum absolute atomic E-state index is 4.41. The number of nitrogens with zero attached hydrogens (tertiary/aromatic N) is 2. The SMILES string of the molecule is CCN1CCC(CNC(=NC)NCC2(CC(C)C)CCC2)C1.I. The Labute approximate surface area is 160 Å². The van der Waals surface area contributed by atoms with Crippen molar-refractivity contribution in [2.24, 2.45) is 22.2 Å². The molecule has 0 aromatic rings. The predicted octanol–water partition coefficient (Wildman–Crippen LogP) is 3.33. The first-order valence-corrected chi connectivity index (χ1v) is 9.24. The Morgan fingerprint density at radius 2 is 2.04 bits per heavy atom. The molecule has 23 heavy (non-hydrogen) atoms. The Kier molecular flexibility index (Phi) is 9.19. The zero-order valence-electron chi connectivity index (χ0n) is 15.5. The lowest BCUT2D eigenvalue weighted by Gasteiger charge is -2.43. The number of aliphatic imine (C=N–C) groups is 1. The van der Waals surface area contributed by atoms with Crippen LogP contribution in [0, 0.1) is 17.3 Å². The third-order valence-corrected chi connectivity index (χ3v) is 5.49. The first kappa shape index (κ1) is 21.0. The highest BCUT2D eigenvalue weighted by molar-refractivity contribution is 14.0. The summed E-state index contributed by atoms with van der Waals surface area (Å²) in [5.41, 5.74) is 0.526. The van der Waals surface area contributed by atoms with Crippen LogP contribution in [0.5, 0.6) is 0 Å². The summed E-state index contributed by atoms with van der Waals surface area (Å²) in [5.74, 6) is 2.55. The van der Waals surface area contributed by atoms with E-state index < -0.39 is 0 Å². The van der Waals surface area contributed by atoms with E-state index in [0.29, 0.717) is 5.41 Å². The largest absolute Gasteiger partial charge is 0.356 e. The number of guanidine groups is 1. The topological polar surface area (TPSA) is 39.7 Å². The van der Waals surface area contributed by atoms with Gasteiger partial charge in [-0.05, 0) is 56.0 Å². The molecular weight excluding hydrogens is 399 g/mol. The Balaban J connectivity index is 0.00000264. The van der Waals surface area contributed by atoms with Gasteiger partial charge in [0.25, 0.3) is 0 Å². The summed E-state index contributed by atoms with van der Waals surface area (Å²) in [6, 6.07) is 0. The summed E-state index contributed by atoms with van der Waals surface area (Å²) < 4.78 is 0. The number of hydrogen-bond donors (Lipinski definition) is 2. The van der Waals surface area contributed by atoms with Crippen molar-refractivity contribution >= 4 is 29.9 Å². The molecule has 1 aliphatic carbocycles. The maximum Gasteiger partial charge on any atom is 0.191 e. The van der Waals surface area contributed by atoms with Crippen LogP contribution in [0.3, 0.4) is 0 Å². The van der Waals surface area contributed by atoms with E-state index in [9.17, 15) is 0 Å². The lowest BCUT2D eigenvalue weighted by Crippen LogP contribution is -2.47. The monoisotopic (exact) mass is 436 g/mol. The van der Waals surface area contributed by atoms with Crippen LogP contribution in [0.25, 0.3) is 0 Å². The van der Waals surface area contributed by atoms with Crippen LogP contribution in [-0.4, -0.2) is 50.6 Å². The summed E-state index contributed by atoms with van der Waals surface area (Å²) in [6.07, 6.45) is 6.81. The zero-order chi connectivity index (χ0) is 16.0. The van der Waals surface area contributed by atoms with E-state index in [2.05, 4.69) is 41.3 Å². The van der Waals surface area contributed by atoms with E-state index in [1.165, 1.54) is 51.7 Å². The molecule has 5 heteroatoms. The van der Waals surface area contributed by atoms with E-state index in [1.54, 1.807) is 0 Å². The van der Waals surface area contributed by atoms with Gasteiger partial charge in [0, 0.05) is 26.7 Å². The van der Waals surface area contributed by atoms with Crippen LogP contribution in [0.15, 0.2) is 4.99 Å². The standard InChI is InChI=1S/C18H36N4.HI/c1-5-22-10-7-16(13-22)12-20-17(19-4)21-14-18(8-6-9-18)11-15(2)3;/h15-16H,5-14H2,1-4H3,(H2,19,20,21);1H. The Bertz CT molecular complexity index is 366. The van der Waals surface area contributed by atoms with Crippen molar-refractivity contribution in [2.75, 3.05) is 39.8 Å². The number of hydrogen-bond acceptors (Lipinski definition) is 2. The van der Waals surface area contributed by atoms with E-state index in [-0.39, 0.29) is 24.0 Å². The average Bonchev–Trinajstić information content (AvgIpc) is 2.92. The van der Waals surface area contributed by atoms with Crippen molar-refractivity contribution in [1.82, 2.24) is 15.5 Å². The second-order valence-corrected chi connectivity index (χ2v) is 7.81. The highest BCUT2D eigenvalue weighted by Crippen LogP contribution is 2.45. The summed E-state index contributed by atoms with van der Waals surface area (Å²) in [7, 11) is 1.89. The van der Waals surface area contributed by atoms with Gasteiger partial charge in [0.15, 0.2) is 5.96 Å². The molecule has 1 saturated carbocycles. The zero-order valence-corrected chi connectivity index (χ0v) is 17.9. The Morgan fingerprint density at radius 3 is 2.52 bits per heavy atom. The molecule has 1 atom stereocenters.